The quantitative estimate of drug-likeness (QED) is 0.784. The van der Waals surface area contributed by atoms with E-state index in [0.717, 1.165) is 27.3 Å². The van der Waals surface area contributed by atoms with E-state index in [0.29, 0.717) is 30.0 Å². The van der Waals surface area contributed by atoms with Crippen LogP contribution in [0.15, 0.2) is 29.1 Å². The molecule has 4 rings (SSSR count). The van der Waals surface area contributed by atoms with E-state index >= 15 is 0 Å². The normalized spacial score (nSPS) is 13.0. The molecule has 0 saturated heterocycles. The van der Waals surface area contributed by atoms with Crippen molar-refractivity contribution in [3.8, 4) is 5.75 Å². The third kappa shape index (κ3) is 2.70. The maximum Gasteiger partial charge on any atom is 0.261 e. The average Bonchev–Trinajstić information content (AvgIpc) is 3.19. The van der Waals surface area contributed by atoms with Crippen LogP contribution in [0.5, 0.6) is 5.75 Å². The van der Waals surface area contributed by atoms with Crippen LogP contribution in [-0.2, 0) is 13.0 Å². The highest BCUT2D eigenvalue weighted by Gasteiger charge is 2.25. The fraction of sp³-hybridized carbons (Fsp3) is 0.278. The van der Waals surface area contributed by atoms with Gasteiger partial charge in [-0.1, -0.05) is 0 Å². The van der Waals surface area contributed by atoms with Crippen molar-refractivity contribution in [2.45, 2.75) is 26.3 Å². The number of nitrogens with zero attached hydrogens (tertiary/aromatic N) is 2. The third-order valence-corrected chi connectivity index (χ3v) is 5.33. The van der Waals surface area contributed by atoms with Gasteiger partial charge in [0.05, 0.1) is 22.3 Å². The SMILES string of the molecule is COc1cc(=O)n2c(c1C(=O)Nc1ccc3sc(C)nc3c1)CCC2. The minimum Gasteiger partial charge on any atom is -0.496 e. The number of carbonyl (C=O) groups excluding carboxylic acids is 1. The lowest BCUT2D eigenvalue weighted by atomic mass is 10.1. The number of rotatable bonds is 3. The molecule has 1 amide bonds. The van der Waals surface area contributed by atoms with Crippen LogP contribution in [0.25, 0.3) is 10.2 Å². The smallest absolute Gasteiger partial charge is 0.261 e. The summed E-state index contributed by atoms with van der Waals surface area (Å²) in [5.74, 6) is 0.0510. The summed E-state index contributed by atoms with van der Waals surface area (Å²) < 4.78 is 8.04. The van der Waals surface area contributed by atoms with Gasteiger partial charge >= 0.3 is 0 Å². The van der Waals surface area contributed by atoms with Crippen LogP contribution in [0.1, 0.15) is 27.5 Å². The van der Waals surface area contributed by atoms with E-state index in [1.807, 2.05) is 25.1 Å². The summed E-state index contributed by atoms with van der Waals surface area (Å²) in [5, 5.41) is 3.90. The number of nitrogens with one attached hydrogen (secondary N) is 1. The number of hydrogen-bond donors (Lipinski definition) is 1. The average molecular weight is 355 g/mol. The molecule has 1 aliphatic rings. The fourth-order valence-electron chi connectivity index (χ4n) is 3.30. The molecule has 0 spiro atoms. The highest BCUT2D eigenvalue weighted by Crippen LogP contribution is 2.28. The molecule has 6 nitrogen and oxygen atoms in total. The first-order valence-corrected chi connectivity index (χ1v) is 8.87. The minimum atomic E-state index is -0.270. The van der Waals surface area contributed by atoms with E-state index in [4.69, 9.17) is 4.74 Å². The molecule has 3 aromatic rings. The molecule has 0 saturated carbocycles. The Morgan fingerprint density at radius 1 is 1.36 bits per heavy atom. The maximum atomic E-state index is 12.9. The molecule has 1 aliphatic heterocycles. The second-order valence-electron chi connectivity index (χ2n) is 6.00. The molecule has 1 N–H and O–H groups in total. The van der Waals surface area contributed by atoms with Crippen LogP contribution in [0.2, 0.25) is 0 Å². The number of methoxy groups -OCH3 is 1. The van der Waals surface area contributed by atoms with Crippen LogP contribution in [0.4, 0.5) is 5.69 Å². The van der Waals surface area contributed by atoms with E-state index in [1.54, 1.807) is 15.9 Å². The van der Waals surface area contributed by atoms with Gasteiger partial charge in [0, 0.05) is 24.0 Å². The molecule has 128 valence electrons. The molecule has 0 fully saturated rings. The molecule has 3 heterocycles. The van der Waals surface area contributed by atoms with Crippen molar-refractivity contribution in [1.82, 2.24) is 9.55 Å². The molecule has 25 heavy (non-hydrogen) atoms. The number of pyridine rings is 1. The molecule has 0 aliphatic carbocycles. The Balaban J connectivity index is 1.73. The van der Waals surface area contributed by atoms with Crippen molar-refractivity contribution in [3.05, 3.63) is 50.9 Å². The first-order chi connectivity index (χ1) is 12.1. The molecule has 0 atom stereocenters. The Hall–Kier alpha value is -2.67. The summed E-state index contributed by atoms with van der Waals surface area (Å²) in [4.78, 5) is 29.5. The van der Waals surface area contributed by atoms with E-state index in [-0.39, 0.29) is 11.5 Å². The number of thiazole rings is 1. The lowest BCUT2D eigenvalue weighted by molar-refractivity contribution is 0.102. The second-order valence-corrected chi connectivity index (χ2v) is 7.23. The number of carbonyl (C=O) groups is 1. The monoisotopic (exact) mass is 355 g/mol. The predicted octanol–water partition coefficient (Wildman–Crippen LogP) is 2.97. The standard InChI is InChI=1S/C18H17N3O3S/c1-10-19-12-8-11(5-6-15(12)25-10)20-18(23)17-13-4-3-7-21(13)16(22)9-14(17)24-2/h5-6,8-9H,3-4,7H2,1-2H3,(H,20,23). The number of fused-ring (bicyclic) bond motifs is 2. The van der Waals surface area contributed by atoms with Gasteiger partial charge in [0.25, 0.3) is 11.5 Å². The van der Waals surface area contributed by atoms with Gasteiger partial charge in [-0.05, 0) is 38.0 Å². The topological polar surface area (TPSA) is 73.2 Å². The highest BCUT2D eigenvalue weighted by atomic mass is 32.1. The van der Waals surface area contributed by atoms with Crippen molar-refractivity contribution in [3.63, 3.8) is 0 Å². The van der Waals surface area contributed by atoms with Crippen molar-refractivity contribution in [2.75, 3.05) is 12.4 Å². The largest absolute Gasteiger partial charge is 0.496 e. The van der Waals surface area contributed by atoms with E-state index in [2.05, 4.69) is 10.3 Å². The first kappa shape index (κ1) is 15.8. The van der Waals surface area contributed by atoms with Crippen LogP contribution in [0.3, 0.4) is 0 Å². The summed E-state index contributed by atoms with van der Waals surface area (Å²) in [6.45, 7) is 2.60. The van der Waals surface area contributed by atoms with Gasteiger partial charge in [-0.25, -0.2) is 4.98 Å². The zero-order valence-electron chi connectivity index (χ0n) is 14.0. The maximum absolute atomic E-state index is 12.9. The number of benzene rings is 1. The molecule has 7 heteroatoms. The molecule has 1 aromatic carbocycles. The summed E-state index contributed by atoms with van der Waals surface area (Å²) in [5.41, 5.74) is 2.59. The third-order valence-electron chi connectivity index (χ3n) is 4.38. The molecule has 0 bridgehead atoms. The molecule has 0 unspecified atom stereocenters. The van der Waals surface area contributed by atoms with Crippen molar-refractivity contribution in [2.24, 2.45) is 0 Å². The molecule has 0 radical (unpaired) electrons. The van der Waals surface area contributed by atoms with Crippen LogP contribution < -0.4 is 15.6 Å². The van der Waals surface area contributed by atoms with Crippen molar-refractivity contribution in [1.29, 1.82) is 0 Å². The highest BCUT2D eigenvalue weighted by molar-refractivity contribution is 7.18. The van der Waals surface area contributed by atoms with Crippen LogP contribution in [-0.4, -0.2) is 22.6 Å². The summed E-state index contributed by atoms with van der Waals surface area (Å²) in [7, 11) is 1.47. The van der Waals surface area contributed by atoms with Gasteiger partial charge in [-0.15, -0.1) is 11.3 Å². The summed E-state index contributed by atoms with van der Waals surface area (Å²) >= 11 is 1.62. The van der Waals surface area contributed by atoms with Gasteiger partial charge < -0.3 is 14.6 Å². The van der Waals surface area contributed by atoms with Crippen LogP contribution >= 0.6 is 11.3 Å². The number of hydrogen-bond acceptors (Lipinski definition) is 5. The number of aryl methyl sites for hydroxylation is 1. The Morgan fingerprint density at radius 3 is 3.00 bits per heavy atom. The Morgan fingerprint density at radius 2 is 2.20 bits per heavy atom. The van der Waals surface area contributed by atoms with Crippen LogP contribution in [0, 0.1) is 6.92 Å². The van der Waals surface area contributed by atoms with Crippen molar-refractivity contribution >= 4 is 33.1 Å². The van der Waals surface area contributed by atoms with Gasteiger partial charge in [0.15, 0.2) is 0 Å². The van der Waals surface area contributed by atoms with Crippen molar-refractivity contribution < 1.29 is 9.53 Å². The molecule has 2 aromatic heterocycles. The minimum absolute atomic E-state index is 0.125. The second kappa shape index (κ2) is 6.00. The van der Waals surface area contributed by atoms with E-state index < -0.39 is 0 Å². The van der Waals surface area contributed by atoms with Gasteiger partial charge in [0.1, 0.15) is 11.3 Å². The van der Waals surface area contributed by atoms with Gasteiger partial charge in [-0.3, -0.25) is 9.59 Å². The molecular formula is C18H17N3O3S. The first-order valence-electron chi connectivity index (χ1n) is 8.06. The summed E-state index contributed by atoms with van der Waals surface area (Å²) in [6, 6.07) is 7.06. The van der Waals surface area contributed by atoms with Gasteiger partial charge in [0.2, 0.25) is 0 Å². The number of anilines is 1. The number of aromatic nitrogens is 2. The Kier molecular flexibility index (Phi) is 3.80. The lowest BCUT2D eigenvalue weighted by Gasteiger charge is -2.14. The summed E-state index contributed by atoms with van der Waals surface area (Å²) in [6.07, 6.45) is 1.55. The Labute approximate surface area is 148 Å². The van der Waals surface area contributed by atoms with Gasteiger partial charge in [-0.2, -0.15) is 0 Å². The Bertz CT molecular complexity index is 1050. The number of amides is 1. The fourth-order valence-corrected chi connectivity index (χ4v) is 4.11. The predicted molar refractivity (Wildman–Crippen MR) is 97.9 cm³/mol. The van der Waals surface area contributed by atoms with E-state index in [9.17, 15) is 9.59 Å². The number of ether oxygens (including phenoxy) is 1. The zero-order chi connectivity index (χ0) is 17.6. The zero-order valence-corrected chi connectivity index (χ0v) is 14.8. The molecular weight excluding hydrogens is 338 g/mol. The van der Waals surface area contributed by atoms with E-state index in [1.165, 1.54) is 13.2 Å². The lowest BCUT2D eigenvalue weighted by Crippen LogP contribution is -2.24.